The summed E-state index contributed by atoms with van der Waals surface area (Å²) in [6, 6.07) is 11.4. The van der Waals surface area contributed by atoms with Gasteiger partial charge in [0, 0.05) is 6.20 Å². The van der Waals surface area contributed by atoms with E-state index >= 15 is 0 Å². The summed E-state index contributed by atoms with van der Waals surface area (Å²) >= 11 is 3.48. The maximum absolute atomic E-state index is 9.35. The lowest BCUT2D eigenvalue weighted by Crippen LogP contribution is -1.97. The number of hydrogen-bond acceptors (Lipinski definition) is 4. The fourth-order valence-corrected chi connectivity index (χ4v) is 2.53. The summed E-state index contributed by atoms with van der Waals surface area (Å²) in [7, 11) is 1.59. The Morgan fingerprint density at radius 3 is 2.82 bits per heavy atom. The maximum Gasteiger partial charge on any atom is 0.175 e. The van der Waals surface area contributed by atoms with E-state index in [9.17, 15) is 5.26 Å². The van der Waals surface area contributed by atoms with Gasteiger partial charge in [0.05, 0.1) is 29.5 Å². The van der Waals surface area contributed by atoms with E-state index < -0.39 is 0 Å². The molecule has 0 bridgehead atoms. The average Bonchev–Trinajstić information content (AvgIpc) is 2.55. The van der Waals surface area contributed by atoms with Crippen molar-refractivity contribution in [1.29, 1.82) is 5.26 Å². The largest absolute Gasteiger partial charge is 0.493 e. The van der Waals surface area contributed by atoms with Crippen molar-refractivity contribution in [2.45, 2.75) is 6.92 Å². The molecule has 0 spiro atoms. The molecule has 4 nitrogen and oxygen atoms in total. The van der Waals surface area contributed by atoms with E-state index in [1.807, 2.05) is 31.2 Å². The molecule has 0 radical (unpaired) electrons. The van der Waals surface area contributed by atoms with Crippen LogP contribution in [0.3, 0.4) is 0 Å². The van der Waals surface area contributed by atoms with Crippen LogP contribution < -0.4 is 9.47 Å². The Balaban J connectivity index is 2.47. The van der Waals surface area contributed by atoms with Crippen molar-refractivity contribution in [3.63, 3.8) is 0 Å². The third-order valence-electron chi connectivity index (χ3n) is 2.91. The third kappa shape index (κ3) is 3.66. The van der Waals surface area contributed by atoms with Crippen molar-refractivity contribution in [2.75, 3.05) is 13.7 Å². The lowest BCUT2D eigenvalue weighted by Gasteiger charge is -2.12. The summed E-state index contributed by atoms with van der Waals surface area (Å²) in [6.07, 6.45) is 3.43. The van der Waals surface area contributed by atoms with E-state index in [4.69, 9.17) is 9.47 Å². The molecule has 22 heavy (non-hydrogen) atoms. The first kappa shape index (κ1) is 16.1. The van der Waals surface area contributed by atoms with Gasteiger partial charge in [0.1, 0.15) is 6.07 Å². The number of rotatable bonds is 5. The van der Waals surface area contributed by atoms with Crippen LogP contribution in [0, 0.1) is 11.3 Å². The van der Waals surface area contributed by atoms with Crippen LogP contribution in [0.15, 0.2) is 41.0 Å². The molecule has 0 aliphatic rings. The minimum atomic E-state index is 0.485. The van der Waals surface area contributed by atoms with Crippen LogP contribution in [0.1, 0.15) is 18.2 Å². The van der Waals surface area contributed by atoms with Gasteiger partial charge in [-0.05, 0) is 58.8 Å². The Kier molecular flexibility index (Phi) is 5.56. The standard InChI is InChI=1S/C17H15BrN2O2/c1-3-22-17-14(18)9-12(10-16(17)21-2)8-13(11-19)15-6-4-5-7-20-15/h4-10H,3H2,1-2H3/b13-8+. The molecule has 0 fully saturated rings. The molecule has 0 aliphatic heterocycles. The summed E-state index contributed by atoms with van der Waals surface area (Å²) in [5.74, 6) is 1.26. The van der Waals surface area contributed by atoms with Gasteiger partial charge in [-0.15, -0.1) is 0 Å². The first-order chi connectivity index (χ1) is 10.7. The summed E-state index contributed by atoms with van der Waals surface area (Å²) in [5.41, 5.74) is 1.95. The molecular formula is C17H15BrN2O2. The zero-order valence-corrected chi connectivity index (χ0v) is 13.9. The van der Waals surface area contributed by atoms with Crippen LogP contribution >= 0.6 is 15.9 Å². The van der Waals surface area contributed by atoms with E-state index in [1.54, 1.807) is 25.4 Å². The topological polar surface area (TPSA) is 55.1 Å². The second-order valence-corrected chi connectivity index (χ2v) is 5.21. The van der Waals surface area contributed by atoms with Crippen LogP contribution in [-0.2, 0) is 0 Å². The molecule has 1 aromatic carbocycles. The highest BCUT2D eigenvalue weighted by molar-refractivity contribution is 9.10. The Bertz CT molecular complexity index is 721. The molecule has 5 heteroatoms. The van der Waals surface area contributed by atoms with Gasteiger partial charge in [0.25, 0.3) is 0 Å². The Morgan fingerprint density at radius 1 is 1.41 bits per heavy atom. The number of pyridine rings is 1. The van der Waals surface area contributed by atoms with Gasteiger partial charge in [0.2, 0.25) is 0 Å². The van der Waals surface area contributed by atoms with Gasteiger partial charge < -0.3 is 9.47 Å². The van der Waals surface area contributed by atoms with Crippen LogP contribution in [-0.4, -0.2) is 18.7 Å². The third-order valence-corrected chi connectivity index (χ3v) is 3.50. The van der Waals surface area contributed by atoms with Gasteiger partial charge in [0.15, 0.2) is 11.5 Å². The minimum Gasteiger partial charge on any atom is -0.493 e. The second kappa shape index (κ2) is 7.62. The number of nitrogens with zero attached hydrogens (tertiary/aromatic N) is 2. The molecule has 1 aromatic heterocycles. The highest BCUT2D eigenvalue weighted by atomic mass is 79.9. The molecule has 0 saturated carbocycles. The van der Waals surface area contributed by atoms with Crippen molar-refractivity contribution in [3.05, 3.63) is 52.3 Å². The zero-order chi connectivity index (χ0) is 15.9. The lowest BCUT2D eigenvalue weighted by atomic mass is 10.1. The van der Waals surface area contributed by atoms with Gasteiger partial charge in [-0.3, -0.25) is 4.98 Å². The van der Waals surface area contributed by atoms with E-state index in [0.717, 1.165) is 10.0 Å². The fourth-order valence-electron chi connectivity index (χ4n) is 1.96. The highest BCUT2D eigenvalue weighted by Crippen LogP contribution is 2.37. The molecule has 0 unspecified atom stereocenters. The van der Waals surface area contributed by atoms with Crippen molar-refractivity contribution in [1.82, 2.24) is 4.98 Å². The van der Waals surface area contributed by atoms with Crippen molar-refractivity contribution in [2.24, 2.45) is 0 Å². The number of methoxy groups -OCH3 is 1. The lowest BCUT2D eigenvalue weighted by molar-refractivity contribution is 0.309. The zero-order valence-electron chi connectivity index (χ0n) is 12.3. The van der Waals surface area contributed by atoms with Gasteiger partial charge in [-0.2, -0.15) is 5.26 Å². The summed E-state index contributed by atoms with van der Waals surface area (Å²) in [4.78, 5) is 4.20. The Labute approximate surface area is 138 Å². The summed E-state index contributed by atoms with van der Waals surface area (Å²) in [5, 5.41) is 9.35. The fraction of sp³-hybridized carbons (Fsp3) is 0.176. The number of hydrogen-bond donors (Lipinski definition) is 0. The van der Waals surface area contributed by atoms with Crippen LogP contribution in [0.5, 0.6) is 11.5 Å². The average molecular weight is 359 g/mol. The minimum absolute atomic E-state index is 0.485. The predicted molar refractivity (Wildman–Crippen MR) is 89.6 cm³/mol. The smallest absolute Gasteiger partial charge is 0.175 e. The van der Waals surface area contributed by atoms with Crippen LogP contribution in [0.25, 0.3) is 11.6 Å². The predicted octanol–water partition coefficient (Wildman–Crippen LogP) is 4.32. The first-order valence-electron chi connectivity index (χ1n) is 6.73. The number of aromatic nitrogens is 1. The molecule has 0 aliphatic carbocycles. The van der Waals surface area contributed by atoms with Crippen molar-refractivity contribution < 1.29 is 9.47 Å². The number of benzene rings is 1. The number of allylic oxidation sites excluding steroid dienone is 1. The molecule has 0 saturated heterocycles. The molecule has 2 aromatic rings. The highest BCUT2D eigenvalue weighted by Gasteiger charge is 2.11. The van der Waals surface area contributed by atoms with E-state index in [2.05, 4.69) is 27.0 Å². The molecule has 0 atom stereocenters. The first-order valence-corrected chi connectivity index (χ1v) is 7.52. The quantitative estimate of drug-likeness (QED) is 0.747. The Hall–Kier alpha value is -2.32. The van der Waals surface area contributed by atoms with E-state index in [-0.39, 0.29) is 0 Å². The van der Waals surface area contributed by atoms with Crippen LogP contribution in [0.4, 0.5) is 0 Å². The Morgan fingerprint density at radius 2 is 2.23 bits per heavy atom. The normalized spacial score (nSPS) is 10.9. The summed E-state index contributed by atoms with van der Waals surface area (Å²) in [6.45, 7) is 2.45. The van der Waals surface area contributed by atoms with E-state index in [0.29, 0.717) is 29.4 Å². The van der Waals surface area contributed by atoms with Gasteiger partial charge in [-0.1, -0.05) is 6.07 Å². The van der Waals surface area contributed by atoms with Gasteiger partial charge >= 0.3 is 0 Å². The van der Waals surface area contributed by atoms with Crippen molar-refractivity contribution in [3.8, 4) is 17.6 Å². The second-order valence-electron chi connectivity index (χ2n) is 4.35. The molecule has 0 amide bonds. The van der Waals surface area contributed by atoms with E-state index in [1.165, 1.54) is 0 Å². The molecule has 0 N–H and O–H groups in total. The van der Waals surface area contributed by atoms with Crippen molar-refractivity contribution >= 4 is 27.6 Å². The molecule has 2 rings (SSSR count). The van der Waals surface area contributed by atoms with Crippen LogP contribution in [0.2, 0.25) is 0 Å². The monoisotopic (exact) mass is 358 g/mol. The summed E-state index contributed by atoms with van der Waals surface area (Å²) < 4.78 is 11.7. The molecular weight excluding hydrogens is 344 g/mol. The number of ether oxygens (including phenoxy) is 2. The van der Waals surface area contributed by atoms with Gasteiger partial charge in [-0.25, -0.2) is 0 Å². The maximum atomic E-state index is 9.35. The number of halogens is 1. The number of nitriles is 1. The SMILES string of the molecule is CCOc1c(Br)cc(/C=C(\C#N)c2ccccn2)cc1OC. The molecule has 1 heterocycles. The molecule has 112 valence electrons.